The molecule has 0 saturated carbocycles. The van der Waals surface area contributed by atoms with Gasteiger partial charge in [-0.1, -0.05) is 23.2 Å². The number of likely N-dealkylation sites (tertiary alicyclic amines) is 1. The van der Waals surface area contributed by atoms with E-state index in [9.17, 15) is 14.0 Å². The van der Waals surface area contributed by atoms with Crippen molar-refractivity contribution >= 4 is 35.2 Å². The zero-order chi connectivity index (χ0) is 18.8. The van der Waals surface area contributed by atoms with Gasteiger partial charge in [-0.15, -0.1) is 0 Å². The predicted molar refractivity (Wildman–Crippen MR) is 92.5 cm³/mol. The van der Waals surface area contributed by atoms with Crippen LogP contribution in [0.1, 0.15) is 44.0 Å². The van der Waals surface area contributed by atoms with Crippen molar-refractivity contribution in [2.24, 2.45) is 0 Å². The number of carbonyl (C=O) groups excluding carboxylic acids is 2. The van der Waals surface area contributed by atoms with E-state index in [1.54, 1.807) is 25.7 Å². The molecule has 0 aromatic carbocycles. The number of ether oxygens (including phenoxy) is 1. The third-order valence-corrected chi connectivity index (χ3v) is 4.17. The molecule has 9 heteroatoms. The fourth-order valence-corrected chi connectivity index (χ4v) is 2.81. The molecular weight excluding hydrogens is 372 g/mol. The lowest BCUT2D eigenvalue weighted by atomic mass is 10.0. The fourth-order valence-electron chi connectivity index (χ4n) is 2.40. The predicted octanol–water partition coefficient (Wildman–Crippen LogP) is 3.66. The lowest BCUT2D eigenvalue weighted by Gasteiger charge is -2.33. The summed E-state index contributed by atoms with van der Waals surface area (Å²) >= 11 is 11.4. The Bertz CT molecular complexity index is 671. The molecule has 1 aromatic heterocycles. The van der Waals surface area contributed by atoms with Crippen LogP contribution in [0, 0.1) is 5.82 Å². The van der Waals surface area contributed by atoms with Gasteiger partial charge in [0.15, 0.2) is 11.0 Å². The van der Waals surface area contributed by atoms with Gasteiger partial charge in [0.1, 0.15) is 10.8 Å². The van der Waals surface area contributed by atoms with Crippen molar-refractivity contribution in [3.8, 4) is 0 Å². The summed E-state index contributed by atoms with van der Waals surface area (Å²) in [7, 11) is 0. The van der Waals surface area contributed by atoms with E-state index < -0.39 is 17.3 Å². The summed E-state index contributed by atoms with van der Waals surface area (Å²) in [5.74, 6) is -1.33. The van der Waals surface area contributed by atoms with Crippen LogP contribution in [-0.2, 0) is 4.74 Å². The van der Waals surface area contributed by atoms with Gasteiger partial charge in [-0.3, -0.25) is 4.79 Å². The Labute approximate surface area is 155 Å². The quantitative estimate of drug-likeness (QED) is 0.780. The summed E-state index contributed by atoms with van der Waals surface area (Å²) in [6.45, 7) is 6.34. The standard InChI is InChI=1S/C16H20Cl2FN3O3/c1-16(2,3)25-15(24)22-6-4-9(5-7-22)20-14(23)10-8-11(19)13(18)21-12(10)17/h8-9H,4-7H2,1-3H3,(H,20,23). The van der Waals surface area contributed by atoms with Gasteiger partial charge in [0.25, 0.3) is 5.91 Å². The summed E-state index contributed by atoms with van der Waals surface area (Å²) in [5.41, 5.74) is -0.622. The van der Waals surface area contributed by atoms with Crippen LogP contribution in [0.15, 0.2) is 6.07 Å². The monoisotopic (exact) mass is 391 g/mol. The van der Waals surface area contributed by atoms with Crippen LogP contribution in [0.25, 0.3) is 0 Å². The minimum absolute atomic E-state index is 0.0712. The normalized spacial score (nSPS) is 15.8. The average molecular weight is 392 g/mol. The number of rotatable bonds is 2. The second-order valence-electron chi connectivity index (χ2n) is 6.81. The Morgan fingerprint density at radius 2 is 1.88 bits per heavy atom. The first kappa shape index (κ1) is 19.7. The van der Waals surface area contributed by atoms with Crippen LogP contribution in [0.2, 0.25) is 10.3 Å². The summed E-state index contributed by atoms with van der Waals surface area (Å²) in [4.78, 5) is 29.4. The van der Waals surface area contributed by atoms with E-state index in [1.807, 2.05) is 0 Å². The van der Waals surface area contributed by atoms with Crippen molar-refractivity contribution in [3.63, 3.8) is 0 Å². The Morgan fingerprint density at radius 1 is 1.28 bits per heavy atom. The molecule has 0 aliphatic carbocycles. The Hall–Kier alpha value is -1.60. The van der Waals surface area contributed by atoms with Gasteiger partial charge < -0.3 is 15.0 Å². The van der Waals surface area contributed by atoms with Gasteiger partial charge in [-0.2, -0.15) is 0 Å². The van der Waals surface area contributed by atoms with Crippen LogP contribution in [-0.4, -0.2) is 46.6 Å². The first-order valence-corrected chi connectivity index (χ1v) is 8.63. The highest BCUT2D eigenvalue weighted by molar-refractivity contribution is 6.34. The molecule has 0 bridgehead atoms. The molecule has 1 fully saturated rings. The van der Waals surface area contributed by atoms with E-state index in [4.69, 9.17) is 27.9 Å². The van der Waals surface area contributed by atoms with Crippen LogP contribution in [0.3, 0.4) is 0 Å². The summed E-state index contributed by atoms with van der Waals surface area (Å²) < 4.78 is 18.8. The number of hydrogen-bond acceptors (Lipinski definition) is 4. The summed E-state index contributed by atoms with van der Waals surface area (Å²) in [6.07, 6.45) is 0.752. The van der Waals surface area contributed by atoms with Crippen molar-refractivity contribution in [2.45, 2.75) is 45.3 Å². The summed E-state index contributed by atoms with van der Waals surface area (Å²) in [6, 6.07) is 0.809. The topological polar surface area (TPSA) is 71.5 Å². The Kier molecular flexibility index (Phi) is 6.11. The van der Waals surface area contributed by atoms with Crippen molar-refractivity contribution in [1.82, 2.24) is 15.2 Å². The number of nitrogens with one attached hydrogen (secondary N) is 1. The van der Waals surface area contributed by atoms with Gasteiger partial charge >= 0.3 is 6.09 Å². The van der Waals surface area contributed by atoms with E-state index in [1.165, 1.54) is 0 Å². The minimum Gasteiger partial charge on any atom is -0.444 e. The molecular formula is C16H20Cl2FN3O3. The van der Waals surface area contributed by atoms with Crippen LogP contribution in [0.4, 0.5) is 9.18 Å². The molecule has 2 rings (SSSR count). The fraction of sp³-hybridized carbons (Fsp3) is 0.562. The zero-order valence-electron chi connectivity index (χ0n) is 14.2. The molecule has 6 nitrogen and oxygen atoms in total. The molecule has 0 radical (unpaired) electrons. The van der Waals surface area contributed by atoms with Crippen LogP contribution < -0.4 is 5.32 Å². The minimum atomic E-state index is -0.809. The lowest BCUT2D eigenvalue weighted by Crippen LogP contribution is -2.47. The Morgan fingerprint density at radius 3 is 2.44 bits per heavy atom. The van der Waals surface area contributed by atoms with E-state index in [-0.39, 0.29) is 28.0 Å². The highest BCUT2D eigenvalue weighted by Crippen LogP contribution is 2.21. The van der Waals surface area contributed by atoms with Gasteiger partial charge in [-0.25, -0.2) is 14.2 Å². The second-order valence-corrected chi connectivity index (χ2v) is 7.53. The molecule has 2 heterocycles. The van der Waals surface area contributed by atoms with Gasteiger partial charge in [0.05, 0.1) is 5.56 Å². The number of halogens is 3. The molecule has 1 aliphatic rings. The maximum absolute atomic E-state index is 13.5. The molecule has 1 N–H and O–H groups in total. The molecule has 1 aromatic rings. The first-order chi connectivity index (χ1) is 11.6. The highest BCUT2D eigenvalue weighted by Gasteiger charge is 2.28. The van der Waals surface area contributed by atoms with Crippen LogP contribution in [0.5, 0.6) is 0 Å². The SMILES string of the molecule is CC(C)(C)OC(=O)N1CCC(NC(=O)c2cc(F)c(Cl)nc2Cl)CC1. The largest absolute Gasteiger partial charge is 0.444 e. The summed E-state index contributed by atoms with van der Waals surface area (Å²) in [5, 5.41) is 2.24. The number of pyridine rings is 1. The molecule has 1 aliphatic heterocycles. The lowest BCUT2D eigenvalue weighted by molar-refractivity contribution is 0.0199. The molecule has 0 unspecified atom stereocenters. The molecule has 138 valence electrons. The number of carbonyl (C=O) groups is 2. The van der Waals surface area contributed by atoms with Crippen molar-refractivity contribution in [3.05, 3.63) is 27.8 Å². The third-order valence-electron chi connectivity index (χ3n) is 3.61. The molecule has 0 spiro atoms. The number of amides is 2. The smallest absolute Gasteiger partial charge is 0.410 e. The molecule has 0 atom stereocenters. The first-order valence-electron chi connectivity index (χ1n) is 7.87. The average Bonchev–Trinajstić information content (AvgIpc) is 2.49. The maximum atomic E-state index is 13.5. The van der Waals surface area contributed by atoms with Gasteiger partial charge in [0.2, 0.25) is 0 Å². The van der Waals surface area contributed by atoms with Crippen molar-refractivity contribution < 1.29 is 18.7 Å². The van der Waals surface area contributed by atoms with E-state index in [2.05, 4.69) is 10.3 Å². The molecule has 2 amide bonds. The number of hydrogen-bond donors (Lipinski definition) is 1. The molecule has 1 saturated heterocycles. The highest BCUT2D eigenvalue weighted by atomic mass is 35.5. The zero-order valence-corrected chi connectivity index (χ0v) is 15.7. The number of aromatic nitrogens is 1. The molecule has 25 heavy (non-hydrogen) atoms. The maximum Gasteiger partial charge on any atom is 0.410 e. The Balaban J connectivity index is 1.91. The van der Waals surface area contributed by atoms with E-state index in [0.29, 0.717) is 25.9 Å². The van der Waals surface area contributed by atoms with Crippen molar-refractivity contribution in [1.29, 1.82) is 0 Å². The van der Waals surface area contributed by atoms with Gasteiger partial charge in [0, 0.05) is 19.1 Å². The van der Waals surface area contributed by atoms with Crippen molar-refractivity contribution in [2.75, 3.05) is 13.1 Å². The third kappa shape index (κ3) is 5.44. The second kappa shape index (κ2) is 7.74. The van der Waals surface area contributed by atoms with E-state index in [0.717, 1.165) is 6.07 Å². The van der Waals surface area contributed by atoms with E-state index >= 15 is 0 Å². The number of nitrogens with zero attached hydrogens (tertiary/aromatic N) is 2. The number of piperidine rings is 1. The van der Waals surface area contributed by atoms with Gasteiger partial charge in [-0.05, 0) is 39.7 Å². The van der Waals surface area contributed by atoms with Crippen LogP contribution >= 0.6 is 23.2 Å².